The Hall–Kier alpha value is -2.03. The van der Waals surface area contributed by atoms with Gasteiger partial charge in [-0.2, -0.15) is 0 Å². The van der Waals surface area contributed by atoms with Crippen molar-refractivity contribution >= 4 is 19.8 Å². The molecule has 0 aliphatic heterocycles. The maximum atomic E-state index is 12.3. The molecule has 50 heavy (non-hydrogen) atoms. The van der Waals surface area contributed by atoms with Gasteiger partial charge in [-0.1, -0.05) is 133 Å². The van der Waals surface area contributed by atoms with E-state index in [0.717, 1.165) is 63.7 Å². The Morgan fingerprint density at radius 2 is 1.04 bits per heavy atom. The number of carbonyl (C=O) groups is 2. The first-order valence-electron chi connectivity index (χ1n) is 19.3. The molecule has 0 aromatic heterocycles. The van der Waals surface area contributed by atoms with Crippen LogP contribution in [0.2, 0.25) is 0 Å². The van der Waals surface area contributed by atoms with Crippen molar-refractivity contribution < 1.29 is 43.0 Å². The number of phosphoric ester groups is 1. The summed E-state index contributed by atoms with van der Waals surface area (Å²) in [6.07, 6.45) is 36.9. The van der Waals surface area contributed by atoms with E-state index in [9.17, 15) is 19.3 Å². The maximum Gasteiger partial charge on any atom is 0.469 e. The lowest BCUT2D eigenvalue weighted by Gasteiger charge is -2.18. The smallest absolute Gasteiger partial charge is 0.462 e. The second-order valence-electron chi connectivity index (χ2n) is 13.7. The summed E-state index contributed by atoms with van der Waals surface area (Å²) in [7, 11) is -4.77. The minimum atomic E-state index is -4.77. The van der Waals surface area contributed by atoms with Crippen LogP contribution in [0, 0.1) is 5.92 Å². The van der Waals surface area contributed by atoms with E-state index in [1.54, 1.807) is 0 Å². The molecule has 2 atom stereocenters. The lowest BCUT2D eigenvalue weighted by molar-refractivity contribution is -0.161. The summed E-state index contributed by atoms with van der Waals surface area (Å²) in [6.45, 7) is 5.50. The number of unbranched alkanes of at least 4 members (excludes halogenated alkanes) is 12. The van der Waals surface area contributed by atoms with E-state index >= 15 is 0 Å². The van der Waals surface area contributed by atoms with Crippen LogP contribution in [0.25, 0.3) is 0 Å². The van der Waals surface area contributed by atoms with Crippen LogP contribution >= 0.6 is 7.82 Å². The molecule has 0 fully saturated rings. The molecule has 0 radical (unpaired) electrons. The standard InChI is InChI=1S/C40H71O9P/c1-36(2)30-26-22-18-14-10-9-13-16-20-24-28-32-39(42)47-34-38(35-48-50(44,45)46)49-40(43)33-29-25-21-17-12-8-6-4-5-7-11-15-19-23-27-31-37(3)41/h5-8,15,17,19,21,36-38,41H,4,9-14,16,18,20,22-35H2,1-3H3,(H2,44,45,46)/b7-5-,8-6-,19-15-,21-17-/t37-,38+/m0/s1. The molecule has 0 bridgehead atoms. The van der Waals surface area contributed by atoms with Gasteiger partial charge in [0.2, 0.25) is 0 Å². The first-order valence-corrected chi connectivity index (χ1v) is 20.9. The lowest BCUT2D eigenvalue weighted by atomic mass is 10.0. The van der Waals surface area contributed by atoms with E-state index in [-0.39, 0.29) is 25.6 Å². The number of phosphoric acid groups is 1. The van der Waals surface area contributed by atoms with Crippen molar-refractivity contribution in [3.8, 4) is 0 Å². The highest BCUT2D eigenvalue weighted by molar-refractivity contribution is 7.46. The number of rotatable bonds is 34. The van der Waals surface area contributed by atoms with E-state index in [1.165, 1.54) is 51.4 Å². The highest BCUT2D eigenvalue weighted by Crippen LogP contribution is 2.36. The van der Waals surface area contributed by atoms with E-state index in [1.807, 2.05) is 19.1 Å². The summed E-state index contributed by atoms with van der Waals surface area (Å²) in [6, 6.07) is 0. The zero-order valence-corrected chi connectivity index (χ0v) is 32.5. The van der Waals surface area contributed by atoms with Crippen LogP contribution in [-0.4, -0.2) is 52.3 Å². The number of hydrogen-bond acceptors (Lipinski definition) is 7. The topological polar surface area (TPSA) is 140 Å². The molecule has 290 valence electrons. The fraction of sp³-hybridized carbons (Fsp3) is 0.750. The third-order valence-electron chi connectivity index (χ3n) is 8.05. The van der Waals surface area contributed by atoms with Gasteiger partial charge in [0.15, 0.2) is 6.10 Å². The molecule has 0 aliphatic rings. The Labute approximate surface area is 304 Å². The zero-order chi connectivity index (χ0) is 37.1. The minimum Gasteiger partial charge on any atom is -0.462 e. The number of aliphatic hydroxyl groups excluding tert-OH is 1. The molecule has 3 N–H and O–H groups in total. The summed E-state index contributed by atoms with van der Waals surface area (Å²) in [4.78, 5) is 42.7. The predicted molar refractivity (Wildman–Crippen MR) is 203 cm³/mol. The Morgan fingerprint density at radius 3 is 1.54 bits per heavy atom. The average molecular weight is 727 g/mol. The van der Waals surface area contributed by atoms with Crippen molar-refractivity contribution in [3.63, 3.8) is 0 Å². The number of ether oxygens (including phenoxy) is 2. The summed E-state index contributed by atoms with van der Waals surface area (Å²) in [5, 5.41) is 9.24. The monoisotopic (exact) mass is 726 g/mol. The van der Waals surface area contributed by atoms with Crippen molar-refractivity contribution in [3.05, 3.63) is 48.6 Å². The SMILES string of the molecule is CC(C)CCCCCCCCCCCCCC(=O)OC[C@H](COP(=O)(O)O)OC(=O)CCC/C=C\C/C=C\C/C=C\C/C=C\CCC[C@H](C)O. The van der Waals surface area contributed by atoms with Gasteiger partial charge >= 0.3 is 19.8 Å². The zero-order valence-electron chi connectivity index (χ0n) is 31.6. The Morgan fingerprint density at radius 1 is 0.580 bits per heavy atom. The lowest BCUT2D eigenvalue weighted by Crippen LogP contribution is -2.29. The van der Waals surface area contributed by atoms with Crippen LogP contribution in [0.3, 0.4) is 0 Å². The molecule has 0 saturated carbocycles. The first-order chi connectivity index (χ1) is 24.0. The van der Waals surface area contributed by atoms with Crippen LogP contribution in [0.5, 0.6) is 0 Å². The molecule has 0 aromatic carbocycles. The Balaban J connectivity index is 4.07. The van der Waals surface area contributed by atoms with E-state index < -0.39 is 32.5 Å². The van der Waals surface area contributed by atoms with Gasteiger partial charge in [-0.25, -0.2) is 4.57 Å². The fourth-order valence-electron chi connectivity index (χ4n) is 5.16. The van der Waals surface area contributed by atoms with Gasteiger partial charge in [0.05, 0.1) is 12.7 Å². The molecule has 0 amide bonds. The Bertz CT molecular complexity index is 981. The number of carbonyl (C=O) groups excluding carboxylic acids is 2. The van der Waals surface area contributed by atoms with E-state index in [2.05, 4.69) is 54.8 Å². The van der Waals surface area contributed by atoms with Crippen molar-refractivity contribution in [2.45, 2.75) is 174 Å². The fourth-order valence-corrected chi connectivity index (χ4v) is 5.52. The molecular formula is C40H71O9P. The third-order valence-corrected chi connectivity index (χ3v) is 8.53. The predicted octanol–water partition coefficient (Wildman–Crippen LogP) is 10.4. The van der Waals surface area contributed by atoms with Crippen LogP contribution < -0.4 is 0 Å². The summed E-state index contributed by atoms with van der Waals surface area (Å²) in [5.41, 5.74) is 0. The molecular weight excluding hydrogens is 655 g/mol. The molecule has 0 heterocycles. The van der Waals surface area contributed by atoms with Gasteiger partial charge in [0, 0.05) is 12.8 Å². The molecule has 0 unspecified atom stereocenters. The summed E-state index contributed by atoms with van der Waals surface area (Å²) >= 11 is 0. The largest absolute Gasteiger partial charge is 0.469 e. The highest BCUT2D eigenvalue weighted by Gasteiger charge is 2.22. The molecule has 0 saturated heterocycles. The second-order valence-corrected chi connectivity index (χ2v) is 14.9. The maximum absolute atomic E-state index is 12.3. The molecule has 10 heteroatoms. The van der Waals surface area contributed by atoms with Gasteiger partial charge in [-0.3, -0.25) is 14.1 Å². The minimum absolute atomic E-state index is 0.124. The van der Waals surface area contributed by atoms with Crippen molar-refractivity contribution in [2.75, 3.05) is 13.2 Å². The second kappa shape index (κ2) is 34.1. The van der Waals surface area contributed by atoms with Gasteiger partial charge < -0.3 is 24.4 Å². The van der Waals surface area contributed by atoms with Crippen molar-refractivity contribution in [2.24, 2.45) is 5.92 Å². The summed E-state index contributed by atoms with van der Waals surface area (Å²) in [5.74, 6) is -0.164. The molecule has 0 rings (SSSR count). The van der Waals surface area contributed by atoms with E-state index in [4.69, 9.17) is 19.3 Å². The average Bonchev–Trinajstić information content (AvgIpc) is 3.05. The summed E-state index contributed by atoms with van der Waals surface area (Å²) < 4.78 is 26.3. The first kappa shape index (κ1) is 48.0. The van der Waals surface area contributed by atoms with E-state index in [0.29, 0.717) is 19.3 Å². The number of hydrogen-bond donors (Lipinski definition) is 3. The third kappa shape index (κ3) is 38.8. The van der Waals surface area contributed by atoms with Gasteiger partial charge in [0.25, 0.3) is 0 Å². The molecule has 0 spiro atoms. The normalized spacial score (nSPS) is 13.7. The molecule has 0 aromatic rings. The van der Waals surface area contributed by atoms with Crippen LogP contribution in [-0.2, 0) is 28.2 Å². The van der Waals surface area contributed by atoms with Crippen molar-refractivity contribution in [1.29, 1.82) is 0 Å². The van der Waals surface area contributed by atoms with Gasteiger partial charge in [-0.05, 0) is 70.6 Å². The van der Waals surface area contributed by atoms with Crippen LogP contribution in [0.4, 0.5) is 0 Å². The highest BCUT2D eigenvalue weighted by atomic mass is 31.2. The molecule has 9 nitrogen and oxygen atoms in total. The van der Waals surface area contributed by atoms with Crippen LogP contribution in [0.1, 0.15) is 162 Å². The van der Waals surface area contributed by atoms with Gasteiger partial charge in [0.1, 0.15) is 6.61 Å². The van der Waals surface area contributed by atoms with Crippen LogP contribution in [0.15, 0.2) is 48.6 Å². The molecule has 0 aliphatic carbocycles. The Kier molecular flexibility index (Phi) is 32.7. The quantitative estimate of drug-likeness (QED) is 0.0256. The number of aliphatic hydroxyl groups is 1. The van der Waals surface area contributed by atoms with Crippen molar-refractivity contribution in [1.82, 2.24) is 0 Å². The van der Waals surface area contributed by atoms with Gasteiger partial charge in [-0.15, -0.1) is 0 Å². The number of esters is 2. The number of allylic oxidation sites excluding steroid dienone is 8.